The van der Waals surface area contributed by atoms with Gasteiger partial charge in [-0.15, -0.1) is 0 Å². The molecule has 14 heavy (non-hydrogen) atoms. The number of hydrogen-bond acceptors (Lipinski definition) is 3. The molecule has 4 heteroatoms. The second-order valence-electron chi connectivity index (χ2n) is 4.28. The van der Waals surface area contributed by atoms with E-state index < -0.39 is 0 Å². The maximum absolute atomic E-state index is 11.6. The van der Waals surface area contributed by atoms with Crippen LogP contribution in [-0.2, 0) is 9.53 Å². The standard InChI is InChI=1S/C10H18N2O2/c1-14-7-10(13)12-5-8-2-3-9(6-12)11-4-8/h8-9,11H,2-7H2,1H3. The monoisotopic (exact) mass is 198 g/mol. The lowest BCUT2D eigenvalue weighted by Crippen LogP contribution is -2.41. The van der Waals surface area contributed by atoms with Gasteiger partial charge < -0.3 is 15.0 Å². The number of rotatable bonds is 2. The second-order valence-corrected chi connectivity index (χ2v) is 4.28. The summed E-state index contributed by atoms with van der Waals surface area (Å²) in [7, 11) is 1.57. The molecule has 2 bridgehead atoms. The molecule has 1 N–H and O–H groups in total. The average Bonchev–Trinajstić information content (AvgIpc) is 2.50. The molecule has 0 aromatic heterocycles. The van der Waals surface area contributed by atoms with Crippen LogP contribution in [0.3, 0.4) is 0 Å². The Hall–Kier alpha value is -0.610. The third-order valence-electron chi connectivity index (χ3n) is 3.16. The van der Waals surface area contributed by atoms with Gasteiger partial charge in [0.1, 0.15) is 6.61 Å². The fourth-order valence-corrected chi connectivity index (χ4v) is 2.36. The van der Waals surface area contributed by atoms with Crippen molar-refractivity contribution in [3.8, 4) is 0 Å². The number of fused-ring (bicyclic) bond motifs is 4. The summed E-state index contributed by atoms with van der Waals surface area (Å²) in [5.74, 6) is 0.780. The summed E-state index contributed by atoms with van der Waals surface area (Å²) < 4.78 is 4.88. The van der Waals surface area contributed by atoms with E-state index in [4.69, 9.17) is 4.74 Å². The highest BCUT2D eigenvalue weighted by molar-refractivity contribution is 5.77. The Kier molecular flexibility index (Phi) is 3.03. The van der Waals surface area contributed by atoms with Crippen LogP contribution in [0, 0.1) is 5.92 Å². The molecule has 3 aliphatic heterocycles. The first-order valence-corrected chi connectivity index (χ1v) is 5.29. The first-order chi connectivity index (χ1) is 6.79. The molecule has 3 saturated heterocycles. The van der Waals surface area contributed by atoms with Crippen molar-refractivity contribution >= 4 is 5.91 Å². The number of piperidine rings is 1. The number of methoxy groups -OCH3 is 1. The maximum Gasteiger partial charge on any atom is 0.248 e. The van der Waals surface area contributed by atoms with Crippen molar-refractivity contribution in [3.63, 3.8) is 0 Å². The minimum atomic E-state index is 0.132. The average molecular weight is 198 g/mol. The van der Waals surface area contributed by atoms with Gasteiger partial charge in [-0.25, -0.2) is 0 Å². The van der Waals surface area contributed by atoms with Crippen molar-refractivity contribution in [2.45, 2.75) is 18.9 Å². The van der Waals surface area contributed by atoms with E-state index in [2.05, 4.69) is 5.32 Å². The first-order valence-electron chi connectivity index (χ1n) is 5.29. The molecule has 2 unspecified atom stereocenters. The summed E-state index contributed by atoms with van der Waals surface area (Å²) in [5, 5.41) is 3.47. The van der Waals surface area contributed by atoms with Crippen LogP contribution in [0.4, 0.5) is 0 Å². The second kappa shape index (κ2) is 4.28. The van der Waals surface area contributed by atoms with Crippen LogP contribution >= 0.6 is 0 Å². The van der Waals surface area contributed by atoms with E-state index >= 15 is 0 Å². The molecule has 0 aromatic carbocycles. The Bertz CT molecular complexity index is 198. The smallest absolute Gasteiger partial charge is 0.248 e. The maximum atomic E-state index is 11.6. The lowest BCUT2D eigenvalue weighted by atomic mass is 9.97. The van der Waals surface area contributed by atoms with E-state index in [0.717, 1.165) is 19.6 Å². The van der Waals surface area contributed by atoms with Gasteiger partial charge in [-0.3, -0.25) is 4.79 Å². The Morgan fingerprint density at radius 2 is 2.36 bits per heavy atom. The van der Waals surface area contributed by atoms with E-state index in [1.807, 2.05) is 4.90 Å². The third-order valence-corrected chi connectivity index (χ3v) is 3.16. The number of hydrogen-bond donors (Lipinski definition) is 1. The van der Waals surface area contributed by atoms with Gasteiger partial charge in [-0.2, -0.15) is 0 Å². The van der Waals surface area contributed by atoms with Crippen LogP contribution in [0.1, 0.15) is 12.8 Å². The first kappa shape index (κ1) is 9.93. The summed E-state index contributed by atoms with van der Waals surface area (Å²) in [6.07, 6.45) is 2.47. The fourth-order valence-electron chi connectivity index (χ4n) is 2.36. The van der Waals surface area contributed by atoms with Crippen molar-refractivity contribution < 1.29 is 9.53 Å². The van der Waals surface area contributed by atoms with E-state index in [9.17, 15) is 4.79 Å². The fraction of sp³-hybridized carbons (Fsp3) is 0.900. The number of nitrogens with zero attached hydrogens (tertiary/aromatic N) is 1. The van der Waals surface area contributed by atoms with Crippen molar-refractivity contribution in [2.75, 3.05) is 33.4 Å². The number of ether oxygens (including phenoxy) is 1. The molecular formula is C10H18N2O2. The molecular weight excluding hydrogens is 180 g/mol. The molecule has 0 spiro atoms. The molecule has 3 rings (SSSR count). The summed E-state index contributed by atoms with van der Waals surface area (Å²) in [5.41, 5.74) is 0. The van der Waals surface area contributed by atoms with Gasteiger partial charge in [0.05, 0.1) is 0 Å². The van der Waals surface area contributed by atoms with Crippen molar-refractivity contribution in [1.82, 2.24) is 10.2 Å². The Morgan fingerprint density at radius 3 is 3.00 bits per heavy atom. The summed E-state index contributed by atoms with van der Waals surface area (Å²) >= 11 is 0. The van der Waals surface area contributed by atoms with E-state index in [1.54, 1.807) is 7.11 Å². The Labute approximate surface area is 84.6 Å². The molecule has 80 valence electrons. The summed E-state index contributed by atoms with van der Waals surface area (Å²) in [4.78, 5) is 13.6. The van der Waals surface area contributed by atoms with Crippen molar-refractivity contribution in [2.24, 2.45) is 5.92 Å². The highest BCUT2D eigenvalue weighted by Crippen LogP contribution is 2.21. The van der Waals surface area contributed by atoms with Gasteiger partial charge in [-0.1, -0.05) is 0 Å². The number of nitrogens with one attached hydrogen (secondary N) is 1. The van der Waals surface area contributed by atoms with Gasteiger partial charge in [0, 0.05) is 26.2 Å². The van der Waals surface area contributed by atoms with Gasteiger partial charge in [0.2, 0.25) is 5.91 Å². The minimum Gasteiger partial charge on any atom is -0.375 e. The zero-order valence-corrected chi connectivity index (χ0v) is 8.66. The predicted molar refractivity (Wildman–Crippen MR) is 53.0 cm³/mol. The van der Waals surface area contributed by atoms with Crippen LogP contribution in [0.15, 0.2) is 0 Å². The molecule has 0 saturated carbocycles. The van der Waals surface area contributed by atoms with Crippen molar-refractivity contribution in [3.05, 3.63) is 0 Å². The lowest BCUT2D eigenvalue weighted by molar-refractivity contribution is -0.135. The van der Waals surface area contributed by atoms with Crippen LogP contribution in [0.25, 0.3) is 0 Å². The van der Waals surface area contributed by atoms with Crippen molar-refractivity contribution in [1.29, 1.82) is 0 Å². The van der Waals surface area contributed by atoms with E-state index in [0.29, 0.717) is 12.0 Å². The lowest BCUT2D eigenvalue weighted by Gasteiger charge is -2.23. The molecule has 2 atom stereocenters. The minimum absolute atomic E-state index is 0.132. The zero-order chi connectivity index (χ0) is 9.97. The van der Waals surface area contributed by atoms with Crippen LogP contribution in [-0.4, -0.2) is 50.2 Å². The molecule has 0 aromatic rings. The van der Waals surface area contributed by atoms with E-state index in [1.165, 1.54) is 12.8 Å². The summed E-state index contributed by atoms with van der Waals surface area (Å²) in [6.45, 7) is 3.06. The number of carbonyl (C=O) groups is 1. The quantitative estimate of drug-likeness (QED) is 0.670. The Morgan fingerprint density at radius 1 is 1.50 bits per heavy atom. The van der Waals surface area contributed by atoms with Crippen LogP contribution in [0.2, 0.25) is 0 Å². The Balaban J connectivity index is 1.96. The molecule has 0 aliphatic carbocycles. The van der Waals surface area contributed by atoms with Gasteiger partial charge in [0.15, 0.2) is 0 Å². The molecule has 3 heterocycles. The van der Waals surface area contributed by atoms with Crippen LogP contribution in [0.5, 0.6) is 0 Å². The molecule has 0 radical (unpaired) electrons. The topological polar surface area (TPSA) is 41.6 Å². The largest absolute Gasteiger partial charge is 0.375 e. The van der Waals surface area contributed by atoms with E-state index in [-0.39, 0.29) is 12.5 Å². The predicted octanol–water partition coefficient (Wildman–Crippen LogP) is -0.157. The molecule has 3 aliphatic rings. The van der Waals surface area contributed by atoms with Gasteiger partial charge in [0.25, 0.3) is 0 Å². The van der Waals surface area contributed by atoms with Gasteiger partial charge in [-0.05, 0) is 25.3 Å². The van der Waals surface area contributed by atoms with Crippen LogP contribution < -0.4 is 5.32 Å². The number of amides is 1. The highest BCUT2D eigenvalue weighted by Gasteiger charge is 2.30. The molecule has 1 amide bonds. The third kappa shape index (κ3) is 2.07. The normalized spacial score (nSPS) is 31.6. The number of carbonyl (C=O) groups excluding carboxylic acids is 1. The summed E-state index contributed by atoms with van der Waals surface area (Å²) in [6, 6.07) is 0.509. The van der Waals surface area contributed by atoms with Gasteiger partial charge >= 0.3 is 0 Å². The molecule has 3 fully saturated rings. The zero-order valence-electron chi connectivity index (χ0n) is 8.66. The molecule has 4 nitrogen and oxygen atoms in total. The highest BCUT2D eigenvalue weighted by atomic mass is 16.5. The SMILES string of the molecule is COCC(=O)N1CC2CCC(C1)NC2.